The Hall–Kier alpha value is -0.740. The van der Waals surface area contributed by atoms with Crippen molar-refractivity contribution in [2.45, 2.75) is 19.9 Å². The normalized spacial score (nSPS) is 12.9. The third-order valence-electron chi connectivity index (χ3n) is 1.92. The highest BCUT2D eigenvalue weighted by Crippen LogP contribution is 2.39. The number of halogens is 1. The first kappa shape index (κ1) is 10.3. The predicted molar refractivity (Wildman–Crippen MR) is 54.8 cm³/mol. The molecule has 1 aromatic rings. The second-order valence-electron chi connectivity index (χ2n) is 3.08. The fourth-order valence-corrected chi connectivity index (χ4v) is 2.20. The van der Waals surface area contributed by atoms with Gasteiger partial charge < -0.3 is 15.9 Å². The molecule has 0 aromatic heterocycles. The maximum Gasteiger partial charge on any atom is 0.172 e. The molecule has 0 radical (unpaired) electrons. The van der Waals surface area contributed by atoms with Crippen LogP contribution in [0.4, 0.5) is 0 Å². The molecule has 0 spiro atoms. The van der Waals surface area contributed by atoms with Gasteiger partial charge in [0.1, 0.15) is 0 Å². The Labute approximate surface area is 85.3 Å². The van der Waals surface area contributed by atoms with E-state index in [9.17, 15) is 10.2 Å². The van der Waals surface area contributed by atoms with Gasteiger partial charge in [0.15, 0.2) is 11.5 Å². The maximum absolute atomic E-state index is 9.41. The zero-order valence-corrected chi connectivity index (χ0v) is 9.09. The number of benzene rings is 1. The minimum atomic E-state index is -0.180. The van der Waals surface area contributed by atoms with Gasteiger partial charge in [0.05, 0.1) is 4.47 Å². The van der Waals surface area contributed by atoms with Gasteiger partial charge in [-0.2, -0.15) is 0 Å². The van der Waals surface area contributed by atoms with Crippen LogP contribution >= 0.6 is 15.9 Å². The Balaban J connectivity index is 3.44. The summed E-state index contributed by atoms with van der Waals surface area (Å²) >= 11 is 3.19. The Bertz CT molecular complexity index is 337. The summed E-state index contributed by atoms with van der Waals surface area (Å²) in [6.45, 7) is 3.66. The fourth-order valence-electron chi connectivity index (χ4n) is 1.32. The molecular weight excluding hydrogens is 234 g/mol. The van der Waals surface area contributed by atoms with Crippen LogP contribution in [0.2, 0.25) is 0 Å². The van der Waals surface area contributed by atoms with Gasteiger partial charge in [-0.15, -0.1) is 0 Å². The van der Waals surface area contributed by atoms with E-state index in [4.69, 9.17) is 5.73 Å². The molecule has 4 N–H and O–H groups in total. The fraction of sp³-hybridized carbons (Fsp3) is 0.333. The van der Waals surface area contributed by atoms with Crippen molar-refractivity contribution in [2.24, 2.45) is 5.73 Å². The number of hydrogen-bond donors (Lipinski definition) is 3. The third kappa shape index (κ3) is 1.78. The maximum atomic E-state index is 9.41. The lowest BCUT2D eigenvalue weighted by atomic mass is 10.0. The molecule has 0 aliphatic heterocycles. The van der Waals surface area contributed by atoms with Crippen molar-refractivity contribution in [1.29, 1.82) is 0 Å². The number of hydrogen-bond acceptors (Lipinski definition) is 3. The van der Waals surface area contributed by atoms with Crippen molar-refractivity contribution >= 4 is 15.9 Å². The molecule has 0 saturated carbocycles. The van der Waals surface area contributed by atoms with Crippen molar-refractivity contribution in [1.82, 2.24) is 0 Å². The van der Waals surface area contributed by atoms with Crippen LogP contribution in [0, 0.1) is 6.92 Å². The summed E-state index contributed by atoms with van der Waals surface area (Å²) in [5.41, 5.74) is 7.39. The van der Waals surface area contributed by atoms with Gasteiger partial charge in [0.2, 0.25) is 0 Å². The second kappa shape index (κ2) is 3.55. The number of aromatic hydroxyl groups is 2. The summed E-state index contributed by atoms with van der Waals surface area (Å²) in [5, 5.41) is 18.7. The second-order valence-corrected chi connectivity index (χ2v) is 3.87. The lowest BCUT2D eigenvalue weighted by Gasteiger charge is -2.14. The van der Waals surface area contributed by atoms with Gasteiger partial charge in [-0.25, -0.2) is 0 Å². The molecule has 0 fully saturated rings. The molecule has 3 nitrogen and oxygen atoms in total. The number of aryl methyl sites for hydroxylation is 1. The van der Waals surface area contributed by atoms with Gasteiger partial charge in [-0.3, -0.25) is 0 Å². The lowest BCUT2D eigenvalue weighted by molar-refractivity contribution is 0.400. The molecule has 0 heterocycles. The topological polar surface area (TPSA) is 66.5 Å². The van der Waals surface area contributed by atoms with E-state index in [1.165, 1.54) is 6.07 Å². The number of phenols is 2. The lowest BCUT2D eigenvalue weighted by Crippen LogP contribution is -2.07. The number of phenolic OH excluding ortho intramolecular Hbond substituents is 2. The first-order valence-electron chi connectivity index (χ1n) is 3.91. The Morgan fingerprint density at radius 1 is 1.46 bits per heavy atom. The summed E-state index contributed by atoms with van der Waals surface area (Å²) in [7, 11) is 0. The minimum Gasteiger partial charge on any atom is -0.504 e. The quantitative estimate of drug-likeness (QED) is 0.665. The highest BCUT2D eigenvalue weighted by molar-refractivity contribution is 9.10. The molecule has 4 heteroatoms. The molecule has 1 unspecified atom stereocenters. The molecule has 13 heavy (non-hydrogen) atoms. The minimum absolute atomic E-state index is 0.131. The van der Waals surface area contributed by atoms with Crippen molar-refractivity contribution < 1.29 is 10.2 Å². The highest BCUT2D eigenvalue weighted by Gasteiger charge is 2.15. The van der Waals surface area contributed by atoms with Crippen LogP contribution in [-0.2, 0) is 0 Å². The standard InChI is InChI=1S/C9H12BrNO2/c1-4-3-6(12)9(13)8(10)7(4)5(2)11/h3,5,12-13H,11H2,1-2H3. The van der Waals surface area contributed by atoms with Gasteiger partial charge in [0, 0.05) is 6.04 Å². The monoisotopic (exact) mass is 245 g/mol. The summed E-state index contributed by atoms with van der Waals surface area (Å²) in [4.78, 5) is 0. The third-order valence-corrected chi connectivity index (χ3v) is 2.72. The van der Waals surface area contributed by atoms with Crippen LogP contribution in [0.3, 0.4) is 0 Å². The van der Waals surface area contributed by atoms with E-state index < -0.39 is 0 Å². The van der Waals surface area contributed by atoms with E-state index in [-0.39, 0.29) is 17.5 Å². The first-order chi connectivity index (χ1) is 5.95. The molecule has 0 aliphatic carbocycles. The van der Waals surface area contributed by atoms with Crippen LogP contribution in [0.25, 0.3) is 0 Å². The summed E-state index contributed by atoms with van der Waals surface area (Å²) in [6.07, 6.45) is 0. The van der Waals surface area contributed by atoms with Crippen LogP contribution < -0.4 is 5.73 Å². The molecule has 0 aliphatic rings. The Morgan fingerprint density at radius 2 is 2.00 bits per heavy atom. The zero-order valence-electron chi connectivity index (χ0n) is 7.50. The van der Waals surface area contributed by atoms with E-state index in [0.717, 1.165) is 11.1 Å². The number of rotatable bonds is 1. The summed E-state index contributed by atoms with van der Waals surface area (Å²) in [6, 6.07) is 1.32. The van der Waals surface area contributed by atoms with Crippen molar-refractivity contribution in [3.63, 3.8) is 0 Å². The summed E-state index contributed by atoms with van der Waals surface area (Å²) < 4.78 is 0.472. The van der Waals surface area contributed by atoms with Crippen molar-refractivity contribution in [2.75, 3.05) is 0 Å². The Morgan fingerprint density at radius 3 is 2.46 bits per heavy atom. The molecule has 72 valence electrons. The Kier molecular flexibility index (Phi) is 2.83. The van der Waals surface area contributed by atoms with Gasteiger partial charge >= 0.3 is 0 Å². The summed E-state index contributed by atoms with van der Waals surface area (Å²) in [5.74, 6) is -0.285. The van der Waals surface area contributed by atoms with E-state index in [1.54, 1.807) is 0 Å². The molecular formula is C9H12BrNO2. The highest BCUT2D eigenvalue weighted by atomic mass is 79.9. The SMILES string of the molecule is Cc1cc(O)c(O)c(Br)c1C(C)N. The van der Waals surface area contributed by atoms with Gasteiger partial charge in [-0.05, 0) is 47.0 Å². The average molecular weight is 246 g/mol. The van der Waals surface area contributed by atoms with Crippen molar-refractivity contribution in [3.8, 4) is 11.5 Å². The molecule has 1 atom stereocenters. The molecule has 1 aromatic carbocycles. The van der Waals surface area contributed by atoms with Gasteiger partial charge in [-0.1, -0.05) is 0 Å². The average Bonchev–Trinajstić information content (AvgIpc) is 1.99. The predicted octanol–water partition coefficient (Wildman–Crippen LogP) is 2.19. The van der Waals surface area contributed by atoms with Crippen LogP contribution in [-0.4, -0.2) is 10.2 Å². The molecule has 1 rings (SSSR count). The molecule has 0 saturated heterocycles. The number of nitrogens with two attached hydrogens (primary N) is 1. The van der Waals surface area contributed by atoms with Gasteiger partial charge in [0.25, 0.3) is 0 Å². The first-order valence-corrected chi connectivity index (χ1v) is 4.71. The van der Waals surface area contributed by atoms with Crippen LogP contribution in [0.15, 0.2) is 10.5 Å². The van der Waals surface area contributed by atoms with Crippen LogP contribution in [0.5, 0.6) is 11.5 Å². The van der Waals surface area contributed by atoms with E-state index in [2.05, 4.69) is 15.9 Å². The smallest absolute Gasteiger partial charge is 0.172 e. The van der Waals surface area contributed by atoms with E-state index >= 15 is 0 Å². The molecule has 0 amide bonds. The van der Waals surface area contributed by atoms with Crippen LogP contribution in [0.1, 0.15) is 24.1 Å². The zero-order chi connectivity index (χ0) is 10.2. The van der Waals surface area contributed by atoms with Crippen molar-refractivity contribution in [3.05, 3.63) is 21.7 Å². The van der Waals surface area contributed by atoms with E-state index in [1.807, 2.05) is 13.8 Å². The molecule has 0 bridgehead atoms. The largest absolute Gasteiger partial charge is 0.504 e. The van der Waals surface area contributed by atoms with E-state index in [0.29, 0.717) is 4.47 Å².